The average molecular weight is 426 g/mol. The van der Waals surface area contributed by atoms with Crippen LogP contribution in [0.3, 0.4) is 0 Å². The van der Waals surface area contributed by atoms with E-state index in [2.05, 4.69) is 15.0 Å². The van der Waals surface area contributed by atoms with Gasteiger partial charge < -0.3 is 9.63 Å². The molecule has 11 heteroatoms. The number of carbonyl (C=O) groups is 1. The zero-order chi connectivity index (χ0) is 20.1. The molecule has 2 heterocycles. The molecular weight excluding hydrogens is 402 g/mol. The van der Waals surface area contributed by atoms with Crippen LogP contribution in [0.5, 0.6) is 0 Å². The van der Waals surface area contributed by atoms with Crippen LogP contribution in [-0.2, 0) is 11.3 Å². The number of aromatic nitrogens is 2. The summed E-state index contributed by atoms with van der Waals surface area (Å²) in [6, 6.07) is 6.37. The molecule has 0 saturated carbocycles. The number of likely N-dealkylation sites (tertiary alicyclic amines) is 1. The Labute approximate surface area is 174 Å². The second-order valence-corrected chi connectivity index (χ2v) is 6.99. The molecule has 1 atom stereocenters. The minimum Gasteiger partial charge on any atom is -0.480 e. The number of halogens is 1. The summed E-state index contributed by atoms with van der Waals surface area (Å²) in [7, 11) is 1.85. The predicted octanol–water partition coefficient (Wildman–Crippen LogP) is 2.44. The number of nitro benzene ring substituents is 1. The van der Waals surface area contributed by atoms with Crippen LogP contribution in [0.4, 0.5) is 5.69 Å². The lowest BCUT2D eigenvalue weighted by atomic mass is 10.1. The van der Waals surface area contributed by atoms with Crippen molar-refractivity contribution in [2.45, 2.75) is 31.8 Å². The minimum atomic E-state index is -0.817. The second-order valence-electron chi connectivity index (χ2n) is 6.99. The molecule has 3 rings (SSSR count). The van der Waals surface area contributed by atoms with Gasteiger partial charge in [0.25, 0.3) is 5.69 Å². The molecule has 10 nitrogen and oxygen atoms in total. The number of carboxylic acids is 1. The SMILES string of the molecule is CN(CC(=O)O)C1CCCN(Cc2nc(-c3cccc([N+](=O)[O-])c3)no2)CC1.Cl. The fourth-order valence-corrected chi connectivity index (χ4v) is 3.47. The van der Waals surface area contributed by atoms with Crippen LogP contribution in [0, 0.1) is 10.1 Å². The highest BCUT2D eigenvalue weighted by molar-refractivity contribution is 5.85. The first-order valence-corrected chi connectivity index (χ1v) is 9.14. The van der Waals surface area contributed by atoms with E-state index in [0.29, 0.717) is 23.8 Å². The minimum absolute atomic E-state index is 0. The number of rotatable bonds is 7. The highest BCUT2D eigenvalue weighted by Gasteiger charge is 2.23. The Hall–Kier alpha value is -2.56. The summed E-state index contributed by atoms with van der Waals surface area (Å²) in [4.78, 5) is 29.8. The Morgan fingerprint density at radius 3 is 2.93 bits per heavy atom. The van der Waals surface area contributed by atoms with Gasteiger partial charge in [0.2, 0.25) is 11.7 Å². The summed E-state index contributed by atoms with van der Waals surface area (Å²) < 4.78 is 5.33. The van der Waals surface area contributed by atoms with Crippen LogP contribution >= 0.6 is 12.4 Å². The molecule has 2 aromatic rings. The molecule has 1 aromatic heterocycles. The van der Waals surface area contributed by atoms with Gasteiger partial charge in [-0.1, -0.05) is 17.3 Å². The van der Waals surface area contributed by atoms with Crippen LogP contribution in [0.2, 0.25) is 0 Å². The van der Waals surface area contributed by atoms with Gasteiger partial charge in [0.05, 0.1) is 18.0 Å². The fraction of sp³-hybridized carbons (Fsp3) is 0.500. The number of hydrogen-bond donors (Lipinski definition) is 1. The molecule has 1 aliphatic heterocycles. The zero-order valence-electron chi connectivity index (χ0n) is 16.1. The predicted molar refractivity (Wildman–Crippen MR) is 107 cm³/mol. The van der Waals surface area contributed by atoms with Gasteiger partial charge in [0, 0.05) is 30.3 Å². The van der Waals surface area contributed by atoms with Gasteiger partial charge in [-0.25, -0.2) is 0 Å². The van der Waals surface area contributed by atoms with E-state index in [9.17, 15) is 14.9 Å². The van der Waals surface area contributed by atoms with Crippen LogP contribution in [0.25, 0.3) is 11.4 Å². The molecule has 1 aliphatic rings. The quantitative estimate of drug-likeness (QED) is 0.525. The van der Waals surface area contributed by atoms with Gasteiger partial charge in [-0.05, 0) is 32.9 Å². The zero-order valence-corrected chi connectivity index (χ0v) is 16.9. The van der Waals surface area contributed by atoms with Crippen LogP contribution in [0.15, 0.2) is 28.8 Å². The molecule has 1 N–H and O–H groups in total. The van der Waals surface area contributed by atoms with E-state index in [4.69, 9.17) is 9.63 Å². The van der Waals surface area contributed by atoms with Crippen LogP contribution in [0.1, 0.15) is 25.2 Å². The molecule has 29 heavy (non-hydrogen) atoms. The number of benzene rings is 1. The number of nitro groups is 1. The molecule has 0 amide bonds. The molecular formula is C18H24ClN5O5. The molecule has 0 radical (unpaired) electrons. The summed E-state index contributed by atoms with van der Waals surface area (Å²) in [6.45, 7) is 2.22. The van der Waals surface area contributed by atoms with E-state index in [0.717, 1.165) is 32.4 Å². The van der Waals surface area contributed by atoms with Gasteiger partial charge >= 0.3 is 5.97 Å². The third kappa shape index (κ3) is 6.21. The van der Waals surface area contributed by atoms with Crippen molar-refractivity contribution in [3.05, 3.63) is 40.3 Å². The Bertz CT molecular complexity index is 846. The number of non-ortho nitro benzene ring substituents is 1. The second kappa shape index (κ2) is 10.3. The average Bonchev–Trinajstić information content (AvgIpc) is 2.99. The summed E-state index contributed by atoms with van der Waals surface area (Å²) in [6.07, 6.45) is 2.78. The van der Waals surface area contributed by atoms with E-state index in [1.165, 1.54) is 12.1 Å². The van der Waals surface area contributed by atoms with Crippen molar-refractivity contribution in [1.82, 2.24) is 19.9 Å². The fourth-order valence-electron chi connectivity index (χ4n) is 3.47. The lowest BCUT2D eigenvalue weighted by molar-refractivity contribution is -0.384. The number of likely N-dealkylation sites (N-methyl/N-ethyl adjacent to an activating group) is 1. The lowest BCUT2D eigenvalue weighted by Crippen LogP contribution is -2.36. The molecule has 0 spiro atoms. The molecule has 1 aromatic carbocycles. The molecule has 158 valence electrons. The Morgan fingerprint density at radius 2 is 2.21 bits per heavy atom. The Balaban J connectivity index is 0.00000300. The van der Waals surface area contributed by atoms with E-state index in [1.54, 1.807) is 12.1 Å². The van der Waals surface area contributed by atoms with Gasteiger partial charge in [-0.2, -0.15) is 4.98 Å². The van der Waals surface area contributed by atoms with Crippen molar-refractivity contribution in [3.8, 4) is 11.4 Å². The number of aliphatic carboxylic acids is 1. The Kier molecular flexibility index (Phi) is 8.06. The van der Waals surface area contributed by atoms with Gasteiger partial charge in [0.15, 0.2) is 0 Å². The van der Waals surface area contributed by atoms with Gasteiger partial charge in [-0.15, -0.1) is 12.4 Å². The van der Waals surface area contributed by atoms with E-state index in [-0.39, 0.29) is 30.7 Å². The van der Waals surface area contributed by atoms with Gasteiger partial charge in [-0.3, -0.25) is 24.7 Å². The van der Waals surface area contributed by atoms with Crippen molar-refractivity contribution >= 4 is 24.1 Å². The smallest absolute Gasteiger partial charge is 0.317 e. The summed E-state index contributed by atoms with van der Waals surface area (Å²) >= 11 is 0. The first-order chi connectivity index (χ1) is 13.4. The van der Waals surface area contributed by atoms with Crippen LogP contribution in [-0.4, -0.2) is 68.7 Å². The molecule has 1 saturated heterocycles. The highest BCUT2D eigenvalue weighted by Crippen LogP contribution is 2.22. The first kappa shape index (κ1) is 22.7. The number of carboxylic acid groups (broad SMARTS) is 1. The molecule has 0 bridgehead atoms. The normalized spacial score (nSPS) is 17.5. The largest absolute Gasteiger partial charge is 0.480 e. The third-order valence-electron chi connectivity index (χ3n) is 4.94. The maximum atomic E-state index is 10.9. The molecule has 1 fully saturated rings. The lowest BCUT2D eigenvalue weighted by Gasteiger charge is -2.25. The highest BCUT2D eigenvalue weighted by atomic mass is 35.5. The summed E-state index contributed by atoms with van der Waals surface area (Å²) in [5.74, 6) is -0.0328. The van der Waals surface area contributed by atoms with Crippen molar-refractivity contribution in [2.75, 3.05) is 26.7 Å². The van der Waals surface area contributed by atoms with E-state index < -0.39 is 10.9 Å². The summed E-state index contributed by atoms with van der Waals surface area (Å²) in [5, 5.41) is 23.8. The number of hydrogen-bond acceptors (Lipinski definition) is 8. The van der Waals surface area contributed by atoms with Gasteiger partial charge in [0.1, 0.15) is 0 Å². The maximum absolute atomic E-state index is 10.9. The third-order valence-corrected chi connectivity index (χ3v) is 4.94. The van der Waals surface area contributed by atoms with Crippen molar-refractivity contribution in [2.24, 2.45) is 0 Å². The molecule has 0 aliphatic carbocycles. The van der Waals surface area contributed by atoms with E-state index in [1.807, 2.05) is 11.9 Å². The first-order valence-electron chi connectivity index (χ1n) is 9.14. The molecule has 1 unspecified atom stereocenters. The summed E-state index contributed by atoms with van der Waals surface area (Å²) in [5.41, 5.74) is 0.517. The van der Waals surface area contributed by atoms with E-state index >= 15 is 0 Å². The topological polar surface area (TPSA) is 126 Å². The Morgan fingerprint density at radius 1 is 1.41 bits per heavy atom. The van der Waals surface area contributed by atoms with Crippen molar-refractivity contribution < 1.29 is 19.3 Å². The van der Waals surface area contributed by atoms with Crippen LogP contribution < -0.4 is 0 Å². The van der Waals surface area contributed by atoms with Crippen molar-refractivity contribution in [1.29, 1.82) is 0 Å². The number of nitrogens with zero attached hydrogens (tertiary/aromatic N) is 5. The monoisotopic (exact) mass is 425 g/mol. The standard InChI is InChI=1S/C18H23N5O5.ClH/c1-21(12-17(24)25)14-6-3-8-22(9-7-14)11-16-19-18(20-28-16)13-4-2-5-15(10-13)23(26)27;/h2,4-5,10,14H,3,6-9,11-12H2,1H3,(H,24,25);1H. The maximum Gasteiger partial charge on any atom is 0.317 e. The van der Waals surface area contributed by atoms with Crippen molar-refractivity contribution in [3.63, 3.8) is 0 Å².